The van der Waals surface area contributed by atoms with Gasteiger partial charge in [-0.3, -0.25) is 5.41 Å². The Balaban J connectivity index is 2.37. The van der Waals surface area contributed by atoms with Gasteiger partial charge in [0.05, 0.1) is 0 Å². The first-order valence-corrected chi connectivity index (χ1v) is 5.17. The molecule has 0 unspecified atom stereocenters. The van der Waals surface area contributed by atoms with Gasteiger partial charge in [0.15, 0.2) is 5.69 Å². The molecule has 0 fully saturated rings. The Hall–Kier alpha value is -2.50. The van der Waals surface area contributed by atoms with Gasteiger partial charge in [0.2, 0.25) is 5.88 Å². The van der Waals surface area contributed by atoms with E-state index in [0.717, 1.165) is 0 Å². The summed E-state index contributed by atoms with van der Waals surface area (Å²) >= 11 is 0. The predicted molar refractivity (Wildman–Crippen MR) is 64.3 cm³/mol. The van der Waals surface area contributed by atoms with Crippen molar-refractivity contribution >= 4 is 5.84 Å². The van der Waals surface area contributed by atoms with E-state index >= 15 is 0 Å². The predicted octanol–water partition coefficient (Wildman–Crippen LogP) is 2.00. The van der Waals surface area contributed by atoms with Crippen molar-refractivity contribution < 1.29 is 9.13 Å². The van der Waals surface area contributed by atoms with Crippen LogP contribution in [0.4, 0.5) is 4.39 Å². The number of nitrogens with zero attached hydrogens (tertiary/aromatic N) is 2. The molecular formula is C12H11FN4O. The molecule has 2 rings (SSSR count). The molecule has 1 aromatic carbocycles. The van der Waals surface area contributed by atoms with Gasteiger partial charge in [0.25, 0.3) is 0 Å². The highest BCUT2D eigenvalue weighted by Crippen LogP contribution is 2.25. The van der Waals surface area contributed by atoms with Crippen molar-refractivity contribution in [1.29, 1.82) is 5.41 Å². The maximum atomic E-state index is 13.0. The van der Waals surface area contributed by atoms with E-state index in [1.807, 2.05) is 0 Å². The van der Waals surface area contributed by atoms with Crippen molar-refractivity contribution in [3.05, 3.63) is 47.7 Å². The number of amidine groups is 1. The fourth-order valence-corrected chi connectivity index (χ4v) is 1.42. The fraction of sp³-hybridized carbons (Fsp3) is 0.0833. The van der Waals surface area contributed by atoms with Crippen LogP contribution in [0.25, 0.3) is 0 Å². The molecule has 0 saturated heterocycles. The molecule has 0 aliphatic rings. The maximum Gasteiger partial charge on any atom is 0.249 e. The summed E-state index contributed by atoms with van der Waals surface area (Å²) in [4.78, 5) is 7.87. The van der Waals surface area contributed by atoms with Crippen LogP contribution in [0.5, 0.6) is 11.6 Å². The number of aryl methyl sites for hydroxylation is 1. The number of nitrogen functional groups attached to an aromatic ring is 1. The number of nitrogens with one attached hydrogen (secondary N) is 1. The molecule has 0 aliphatic carbocycles. The fourth-order valence-electron chi connectivity index (χ4n) is 1.42. The summed E-state index contributed by atoms with van der Waals surface area (Å²) in [5.41, 5.74) is 6.15. The first-order valence-electron chi connectivity index (χ1n) is 5.17. The normalized spacial score (nSPS) is 10.1. The second-order valence-corrected chi connectivity index (χ2v) is 3.64. The molecule has 18 heavy (non-hydrogen) atoms. The number of ether oxygens (including phenoxy) is 1. The van der Waals surface area contributed by atoms with Gasteiger partial charge in [-0.15, -0.1) is 0 Å². The smallest absolute Gasteiger partial charge is 0.249 e. The topological polar surface area (TPSA) is 84.9 Å². The van der Waals surface area contributed by atoms with E-state index < -0.39 is 0 Å². The monoisotopic (exact) mass is 246 g/mol. The number of hydrogen-bond donors (Lipinski definition) is 2. The molecule has 2 aromatic rings. The highest BCUT2D eigenvalue weighted by molar-refractivity contribution is 5.95. The molecule has 0 spiro atoms. The number of benzene rings is 1. The zero-order chi connectivity index (χ0) is 13.1. The molecule has 5 nitrogen and oxygen atoms in total. The van der Waals surface area contributed by atoms with Crippen molar-refractivity contribution in [3.8, 4) is 11.6 Å². The first kappa shape index (κ1) is 12.0. The molecule has 0 saturated carbocycles. The molecule has 0 atom stereocenters. The Morgan fingerprint density at radius 1 is 1.33 bits per heavy atom. The van der Waals surface area contributed by atoms with Gasteiger partial charge in [-0.05, 0) is 30.7 Å². The van der Waals surface area contributed by atoms with E-state index in [1.165, 1.54) is 30.6 Å². The lowest BCUT2D eigenvalue weighted by Gasteiger charge is -2.09. The summed E-state index contributed by atoms with van der Waals surface area (Å²) in [7, 11) is 0. The van der Waals surface area contributed by atoms with Gasteiger partial charge in [-0.25, -0.2) is 14.4 Å². The molecular weight excluding hydrogens is 235 g/mol. The van der Waals surface area contributed by atoms with Crippen LogP contribution >= 0.6 is 0 Å². The Morgan fingerprint density at radius 2 is 2.06 bits per heavy atom. The number of aromatic nitrogens is 2. The number of halogens is 1. The lowest BCUT2D eigenvalue weighted by molar-refractivity contribution is 0.453. The lowest BCUT2D eigenvalue weighted by Crippen LogP contribution is -2.15. The van der Waals surface area contributed by atoms with E-state index in [9.17, 15) is 4.39 Å². The van der Waals surface area contributed by atoms with Gasteiger partial charge in [-0.2, -0.15) is 0 Å². The van der Waals surface area contributed by atoms with Gasteiger partial charge < -0.3 is 10.5 Å². The average Bonchev–Trinajstić information content (AvgIpc) is 2.33. The zero-order valence-corrected chi connectivity index (χ0v) is 9.64. The molecule has 0 amide bonds. The summed E-state index contributed by atoms with van der Waals surface area (Å²) in [5, 5.41) is 7.37. The third-order valence-electron chi connectivity index (χ3n) is 2.26. The van der Waals surface area contributed by atoms with Crippen LogP contribution in [-0.2, 0) is 0 Å². The van der Waals surface area contributed by atoms with E-state index in [-0.39, 0.29) is 23.2 Å². The minimum atomic E-state index is -0.342. The Bertz CT molecular complexity index is 600. The van der Waals surface area contributed by atoms with Crippen molar-refractivity contribution in [3.63, 3.8) is 0 Å². The van der Waals surface area contributed by atoms with Gasteiger partial charge in [0, 0.05) is 12.4 Å². The quantitative estimate of drug-likeness (QED) is 0.640. The number of hydrogen-bond acceptors (Lipinski definition) is 4. The van der Waals surface area contributed by atoms with Crippen molar-refractivity contribution in [1.82, 2.24) is 9.97 Å². The molecule has 3 N–H and O–H groups in total. The van der Waals surface area contributed by atoms with Crippen LogP contribution in [-0.4, -0.2) is 15.8 Å². The molecule has 1 heterocycles. The Morgan fingerprint density at radius 3 is 2.72 bits per heavy atom. The SMILES string of the molecule is Cc1cc(F)ccc1Oc1nccnc1C(=N)N. The number of rotatable bonds is 3. The summed E-state index contributed by atoms with van der Waals surface area (Å²) in [5.74, 6) is -0.0113. The van der Waals surface area contributed by atoms with E-state index in [2.05, 4.69) is 9.97 Å². The third kappa shape index (κ3) is 2.42. The van der Waals surface area contributed by atoms with E-state index in [1.54, 1.807) is 6.92 Å². The van der Waals surface area contributed by atoms with E-state index in [0.29, 0.717) is 11.3 Å². The molecule has 0 radical (unpaired) electrons. The highest BCUT2D eigenvalue weighted by atomic mass is 19.1. The van der Waals surface area contributed by atoms with Gasteiger partial charge in [-0.1, -0.05) is 0 Å². The van der Waals surface area contributed by atoms with Crippen molar-refractivity contribution in [2.24, 2.45) is 5.73 Å². The molecule has 0 bridgehead atoms. The minimum Gasteiger partial charge on any atom is -0.437 e. The van der Waals surface area contributed by atoms with Crippen LogP contribution < -0.4 is 10.5 Å². The van der Waals surface area contributed by atoms with Crippen LogP contribution in [0.2, 0.25) is 0 Å². The first-order chi connectivity index (χ1) is 8.58. The van der Waals surface area contributed by atoms with E-state index in [4.69, 9.17) is 15.9 Å². The summed E-state index contributed by atoms with van der Waals surface area (Å²) in [6, 6.07) is 4.12. The van der Waals surface area contributed by atoms with Crippen LogP contribution in [0, 0.1) is 18.2 Å². The van der Waals surface area contributed by atoms with Crippen LogP contribution in [0.3, 0.4) is 0 Å². The van der Waals surface area contributed by atoms with Gasteiger partial charge in [0.1, 0.15) is 17.4 Å². The lowest BCUT2D eigenvalue weighted by atomic mass is 10.2. The summed E-state index contributed by atoms with van der Waals surface area (Å²) < 4.78 is 18.5. The Labute approximate surface area is 103 Å². The van der Waals surface area contributed by atoms with Gasteiger partial charge >= 0.3 is 0 Å². The third-order valence-corrected chi connectivity index (χ3v) is 2.26. The summed E-state index contributed by atoms with van der Waals surface area (Å²) in [6.45, 7) is 1.71. The zero-order valence-electron chi connectivity index (χ0n) is 9.64. The Kier molecular flexibility index (Phi) is 3.18. The second kappa shape index (κ2) is 4.79. The molecule has 1 aromatic heterocycles. The minimum absolute atomic E-state index is 0.125. The number of nitrogens with two attached hydrogens (primary N) is 1. The highest BCUT2D eigenvalue weighted by Gasteiger charge is 2.11. The average molecular weight is 246 g/mol. The van der Waals surface area contributed by atoms with Crippen molar-refractivity contribution in [2.75, 3.05) is 0 Å². The maximum absolute atomic E-state index is 13.0. The standard InChI is InChI=1S/C12H11FN4O/c1-7-6-8(13)2-3-9(7)18-12-10(11(14)15)16-4-5-17-12/h2-6H,1H3,(H3,14,15). The molecule has 0 aliphatic heterocycles. The van der Waals surface area contributed by atoms with Crippen LogP contribution in [0.15, 0.2) is 30.6 Å². The molecule has 6 heteroatoms. The molecule has 92 valence electrons. The largest absolute Gasteiger partial charge is 0.437 e. The van der Waals surface area contributed by atoms with Crippen molar-refractivity contribution in [2.45, 2.75) is 6.92 Å². The second-order valence-electron chi connectivity index (χ2n) is 3.64. The summed E-state index contributed by atoms with van der Waals surface area (Å²) in [6.07, 6.45) is 2.85. The van der Waals surface area contributed by atoms with Crippen LogP contribution in [0.1, 0.15) is 11.3 Å².